The standard InChI is InChI=1S/C15H18N2/c1-12-8-14(11-17-10-12)15(16-2)9-13-6-4-3-5-7-13/h3-8,10-11,15-16H,9H2,1-2H3. The summed E-state index contributed by atoms with van der Waals surface area (Å²) in [7, 11) is 2.00. The number of hydrogen-bond acceptors (Lipinski definition) is 2. The molecule has 1 aromatic carbocycles. The van der Waals surface area contributed by atoms with Gasteiger partial charge in [0.05, 0.1) is 0 Å². The average molecular weight is 226 g/mol. The lowest BCUT2D eigenvalue weighted by molar-refractivity contribution is 0.589. The van der Waals surface area contributed by atoms with E-state index < -0.39 is 0 Å². The summed E-state index contributed by atoms with van der Waals surface area (Å²) >= 11 is 0. The SMILES string of the molecule is CNC(Cc1ccccc1)c1cncc(C)c1. The number of pyridine rings is 1. The first kappa shape index (κ1) is 11.8. The van der Waals surface area contributed by atoms with Gasteiger partial charge in [0.2, 0.25) is 0 Å². The highest BCUT2D eigenvalue weighted by Crippen LogP contribution is 2.17. The Bertz CT molecular complexity index is 465. The van der Waals surface area contributed by atoms with Crippen molar-refractivity contribution in [2.24, 2.45) is 0 Å². The number of rotatable bonds is 4. The fourth-order valence-electron chi connectivity index (χ4n) is 2.01. The van der Waals surface area contributed by atoms with E-state index in [1.807, 2.05) is 25.5 Å². The molecule has 2 heteroatoms. The average Bonchev–Trinajstić information content (AvgIpc) is 2.37. The quantitative estimate of drug-likeness (QED) is 0.867. The predicted octanol–water partition coefficient (Wildman–Crippen LogP) is 2.89. The molecule has 0 aliphatic carbocycles. The second kappa shape index (κ2) is 5.60. The van der Waals surface area contributed by atoms with Crippen LogP contribution in [0, 0.1) is 6.92 Å². The maximum atomic E-state index is 4.25. The van der Waals surface area contributed by atoms with E-state index >= 15 is 0 Å². The molecule has 1 N–H and O–H groups in total. The minimum absolute atomic E-state index is 0.324. The largest absolute Gasteiger partial charge is 0.313 e. The smallest absolute Gasteiger partial charge is 0.0373 e. The van der Waals surface area contributed by atoms with E-state index in [4.69, 9.17) is 0 Å². The molecule has 17 heavy (non-hydrogen) atoms. The first-order valence-corrected chi connectivity index (χ1v) is 5.92. The summed E-state index contributed by atoms with van der Waals surface area (Å²) in [5.41, 5.74) is 3.79. The second-order valence-corrected chi connectivity index (χ2v) is 4.33. The van der Waals surface area contributed by atoms with Crippen molar-refractivity contribution in [2.75, 3.05) is 7.05 Å². The number of nitrogens with zero attached hydrogens (tertiary/aromatic N) is 1. The van der Waals surface area contributed by atoms with Crippen molar-refractivity contribution in [3.8, 4) is 0 Å². The minimum atomic E-state index is 0.324. The van der Waals surface area contributed by atoms with Crippen molar-refractivity contribution in [1.29, 1.82) is 0 Å². The summed E-state index contributed by atoms with van der Waals surface area (Å²) < 4.78 is 0. The van der Waals surface area contributed by atoms with Crippen LogP contribution in [0.3, 0.4) is 0 Å². The van der Waals surface area contributed by atoms with Crippen LogP contribution in [0.4, 0.5) is 0 Å². The summed E-state index contributed by atoms with van der Waals surface area (Å²) in [6.45, 7) is 2.08. The van der Waals surface area contributed by atoms with E-state index in [2.05, 4.69) is 47.6 Å². The van der Waals surface area contributed by atoms with Gasteiger partial charge >= 0.3 is 0 Å². The summed E-state index contributed by atoms with van der Waals surface area (Å²) in [5.74, 6) is 0. The van der Waals surface area contributed by atoms with Gasteiger partial charge < -0.3 is 5.32 Å². The van der Waals surface area contributed by atoms with Crippen LogP contribution in [0.25, 0.3) is 0 Å². The van der Waals surface area contributed by atoms with Gasteiger partial charge in [-0.15, -0.1) is 0 Å². The lowest BCUT2D eigenvalue weighted by atomic mass is 9.99. The molecule has 88 valence electrons. The van der Waals surface area contributed by atoms with Crippen LogP contribution in [-0.4, -0.2) is 12.0 Å². The maximum absolute atomic E-state index is 4.25. The van der Waals surface area contributed by atoms with E-state index in [1.165, 1.54) is 16.7 Å². The molecule has 1 aromatic heterocycles. The Morgan fingerprint density at radius 2 is 1.94 bits per heavy atom. The third-order valence-corrected chi connectivity index (χ3v) is 2.93. The maximum Gasteiger partial charge on any atom is 0.0373 e. The van der Waals surface area contributed by atoms with E-state index in [0.29, 0.717) is 6.04 Å². The number of likely N-dealkylation sites (N-methyl/N-ethyl adjacent to an activating group) is 1. The third-order valence-electron chi connectivity index (χ3n) is 2.93. The Labute approximate surface area is 103 Å². The molecule has 0 bridgehead atoms. The zero-order chi connectivity index (χ0) is 12.1. The van der Waals surface area contributed by atoms with Gasteiger partial charge in [-0.3, -0.25) is 4.98 Å². The third kappa shape index (κ3) is 3.14. The Balaban J connectivity index is 2.17. The Morgan fingerprint density at radius 1 is 1.18 bits per heavy atom. The number of aromatic nitrogens is 1. The van der Waals surface area contributed by atoms with Crippen LogP contribution in [0.1, 0.15) is 22.7 Å². The fraction of sp³-hybridized carbons (Fsp3) is 0.267. The number of nitrogens with one attached hydrogen (secondary N) is 1. The molecule has 0 saturated carbocycles. The molecule has 0 spiro atoms. The fourth-order valence-corrected chi connectivity index (χ4v) is 2.01. The van der Waals surface area contributed by atoms with Gasteiger partial charge in [-0.05, 0) is 37.1 Å². The van der Waals surface area contributed by atoms with Crippen LogP contribution >= 0.6 is 0 Å². The molecule has 2 nitrogen and oxygen atoms in total. The number of hydrogen-bond donors (Lipinski definition) is 1. The lowest BCUT2D eigenvalue weighted by Crippen LogP contribution is -2.19. The van der Waals surface area contributed by atoms with Crippen molar-refractivity contribution < 1.29 is 0 Å². The van der Waals surface area contributed by atoms with Gasteiger partial charge in [-0.2, -0.15) is 0 Å². The Hall–Kier alpha value is -1.67. The summed E-state index contributed by atoms with van der Waals surface area (Å²) in [6, 6.07) is 13.0. The van der Waals surface area contributed by atoms with E-state index in [-0.39, 0.29) is 0 Å². The predicted molar refractivity (Wildman–Crippen MR) is 70.9 cm³/mol. The van der Waals surface area contributed by atoms with Gasteiger partial charge in [0.1, 0.15) is 0 Å². The van der Waals surface area contributed by atoms with Gasteiger partial charge in [-0.1, -0.05) is 36.4 Å². The van der Waals surface area contributed by atoms with Gasteiger partial charge in [0.25, 0.3) is 0 Å². The molecule has 0 amide bonds. The van der Waals surface area contributed by atoms with Crippen molar-refractivity contribution >= 4 is 0 Å². The van der Waals surface area contributed by atoms with Crippen molar-refractivity contribution in [3.05, 3.63) is 65.5 Å². The van der Waals surface area contributed by atoms with Crippen LogP contribution in [-0.2, 0) is 6.42 Å². The van der Waals surface area contributed by atoms with Crippen molar-refractivity contribution in [3.63, 3.8) is 0 Å². The van der Waals surface area contributed by atoms with E-state index in [0.717, 1.165) is 6.42 Å². The van der Waals surface area contributed by atoms with Gasteiger partial charge in [0.15, 0.2) is 0 Å². The Kier molecular flexibility index (Phi) is 3.89. The molecule has 1 unspecified atom stereocenters. The summed E-state index contributed by atoms with van der Waals surface area (Å²) in [5, 5.41) is 3.35. The van der Waals surface area contributed by atoms with Crippen LogP contribution in [0.15, 0.2) is 48.8 Å². The summed E-state index contributed by atoms with van der Waals surface area (Å²) in [6.07, 6.45) is 4.82. The topological polar surface area (TPSA) is 24.9 Å². The molecule has 0 aliphatic heterocycles. The van der Waals surface area contributed by atoms with Crippen molar-refractivity contribution in [2.45, 2.75) is 19.4 Å². The van der Waals surface area contributed by atoms with Gasteiger partial charge in [0, 0.05) is 18.4 Å². The molecular formula is C15H18N2. The minimum Gasteiger partial charge on any atom is -0.313 e. The molecule has 0 aliphatic rings. The van der Waals surface area contributed by atoms with Crippen molar-refractivity contribution in [1.82, 2.24) is 10.3 Å². The zero-order valence-electron chi connectivity index (χ0n) is 10.4. The van der Waals surface area contributed by atoms with Crippen LogP contribution in [0.2, 0.25) is 0 Å². The normalized spacial score (nSPS) is 12.4. The molecule has 0 saturated heterocycles. The molecule has 2 rings (SSSR count). The molecule has 0 radical (unpaired) electrons. The summed E-state index contributed by atoms with van der Waals surface area (Å²) in [4.78, 5) is 4.25. The van der Waals surface area contributed by atoms with Crippen LogP contribution < -0.4 is 5.32 Å². The van der Waals surface area contributed by atoms with E-state index in [1.54, 1.807) is 0 Å². The highest BCUT2D eigenvalue weighted by molar-refractivity contribution is 5.24. The first-order valence-electron chi connectivity index (χ1n) is 5.92. The first-order chi connectivity index (χ1) is 8.29. The second-order valence-electron chi connectivity index (χ2n) is 4.33. The Morgan fingerprint density at radius 3 is 2.59 bits per heavy atom. The highest BCUT2D eigenvalue weighted by Gasteiger charge is 2.10. The van der Waals surface area contributed by atoms with E-state index in [9.17, 15) is 0 Å². The molecule has 1 atom stereocenters. The number of aryl methyl sites for hydroxylation is 1. The zero-order valence-corrected chi connectivity index (χ0v) is 10.4. The molecule has 0 fully saturated rings. The molecular weight excluding hydrogens is 208 g/mol. The number of benzene rings is 1. The van der Waals surface area contributed by atoms with Gasteiger partial charge in [-0.25, -0.2) is 0 Å². The molecule has 2 aromatic rings. The highest BCUT2D eigenvalue weighted by atomic mass is 14.9. The lowest BCUT2D eigenvalue weighted by Gasteiger charge is -2.16. The van der Waals surface area contributed by atoms with Crippen LogP contribution in [0.5, 0.6) is 0 Å². The molecule has 1 heterocycles. The monoisotopic (exact) mass is 226 g/mol.